The number of carbonyl (C=O) groups excluding carboxylic acids is 1. The molecule has 6 nitrogen and oxygen atoms in total. The predicted octanol–water partition coefficient (Wildman–Crippen LogP) is 4.00. The number of nitrogens with zero attached hydrogens (tertiary/aromatic N) is 2. The Balaban J connectivity index is 1.92. The van der Waals surface area contributed by atoms with Crippen LogP contribution in [0.4, 0.5) is 11.4 Å². The summed E-state index contributed by atoms with van der Waals surface area (Å²) in [6.45, 7) is 7.47. The van der Waals surface area contributed by atoms with E-state index >= 15 is 0 Å². The highest BCUT2D eigenvalue weighted by molar-refractivity contribution is 9.10. The number of hydrogen-bond acceptors (Lipinski definition) is 6. The lowest BCUT2D eigenvalue weighted by Crippen LogP contribution is -2.41. The fourth-order valence-electron chi connectivity index (χ4n) is 2.69. The number of benzene rings is 1. The third-order valence-corrected chi connectivity index (χ3v) is 4.65. The number of fused-ring (bicyclic) bond motifs is 1. The van der Waals surface area contributed by atoms with Gasteiger partial charge in [0.25, 0.3) is 0 Å². The quantitative estimate of drug-likeness (QED) is 0.753. The highest BCUT2D eigenvalue weighted by Crippen LogP contribution is 2.42. The molecule has 0 fully saturated rings. The van der Waals surface area contributed by atoms with Crippen LogP contribution in [0.25, 0.3) is 11.1 Å². The van der Waals surface area contributed by atoms with Crippen LogP contribution in [0.2, 0.25) is 0 Å². The maximum Gasteiger partial charge on any atom is 0.356 e. The first-order valence-corrected chi connectivity index (χ1v) is 8.76. The number of carbonyl (C=O) groups is 1. The minimum Gasteiger partial charge on any atom is -0.464 e. The molecule has 2 N–H and O–H groups in total. The van der Waals surface area contributed by atoms with Gasteiger partial charge in [-0.3, -0.25) is 5.01 Å². The van der Waals surface area contributed by atoms with E-state index in [-0.39, 0.29) is 5.41 Å². The van der Waals surface area contributed by atoms with Gasteiger partial charge in [-0.05, 0) is 39.0 Å². The third kappa shape index (κ3) is 3.62. The standard InChI is InChI=1S/C18H21BrN4O2/c1-18(2,3)10-23-14-8-6-12(15(19)16(14)21-22-23)11-5-7-13(20-9-11)17(24)25-4/h5-9,21-22H,10H2,1-4H3. The molecule has 132 valence electrons. The van der Waals surface area contributed by atoms with E-state index in [0.717, 1.165) is 33.5 Å². The Bertz CT molecular complexity index is 800. The molecule has 0 spiro atoms. The summed E-state index contributed by atoms with van der Waals surface area (Å²) in [6.07, 6.45) is 1.67. The Kier molecular flexibility index (Phi) is 4.71. The monoisotopic (exact) mass is 404 g/mol. The molecule has 2 heterocycles. The van der Waals surface area contributed by atoms with Gasteiger partial charge in [0.1, 0.15) is 5.69 Å². The molecular formula is C18H21BrN4O2. The highest BCUT2D eigenvalue weighted by atomic mass is 79.9. The summed E-state index contributed by atoms with van der Waals surface area (Å²) in [6, 6.07) is 7.64. The number of hydrazine groups is 2. The molecule has 2 aromatic rings. The molecule has 0 unspecified atom stereocenters. The van der Waals surface area contributed by atoms with E-state index in [4.69, 9.17) is 0 Å². The van der Waals surface area contributed by atoms with Crippen molar-refractivity contribution in [2.75, 3.05) is 24.1 Å². The van der Waals surface area contributed by atoms with Gasteiger partial charge in [-0.15, -0.1) is 5.53 Å². The first kappa shape index (κ1) is 17.7. The molecule has 1 aromatic carbocycles. The van der Waals surface area contributed by atoms with Crippen molar-refractivity contribution in [1.82, 2.24) is 10.5 Å². The SMILES string of the molecule is COC(=O)c1ccc(-c2ccc3c(c2Br)NNN3CC(C)(C)C)cn1. The number of aromatic nitrogens is 1. The number of ether oxygens (including phenoxy) is 1. The minimum absolute atomic E-state index is 0.162. The van der Waals surface area contributed by atoms with Gasteiger partial charge in [0.15, 0.2) is 0 Å². The molecule has 1 aromatic heterocycles. The van der Waals surface area contributed by atoms with Gasteiger partial charge in [-0.2, -0.15) is 0 Å². The summed E-state index contributed by atoms with van der Waals surface area (Å²) in [5.41, 5.74) is 10.9. The van der Waals surface area contributed by atoms with E-state index in [1.165, 1.54) is 7.11 Å². The summed E-state index contributed by atoms with van der Waals surface area (Å²) in [7, 11) is 1.34. The number of anilines is 2. The molecule has 1 aliphatic rings. The molecule has 0 aliphatic carbocycles. The Morgan fingerprint density at radius 2 is 2.04 bits per heavy atom. The molecule has 0 amide bonds. The second-order valence-electron chi connectivity index (χ2n) is 7.13. The van der Waals surface area contributed by atoms with Crippen LogP contribution in [-0.4, -0.2) is 24.6 Å². The van der Waals surface area contributed by atoms with Crippen LogP contribution < -0.4 is 16.0 Å². The molecule has 0 atom stereocenters. The lowest BCUT2D eigenvalue weighted by Gasteiger charge is -2.27. The Morgan fingerprint density at radius 3 is 2.64 bits per heavy atom. The topological polar surface area (TPSA) is 66.5 Å². The molecule has 3 rings (SSSR count). The second kappa shape index (κ2) is 6.65. The molecule has 0 bridgehead atoms. The van der Waals surface area contributed by atoms with E-state index in [2.05, 4.69) is 68.5 Å². The number of rotatable bonds is 3. The number of hydrogen-bond donors (Lipinski definition) is 2. The van der Waals surface area contributed by atoms with Crippen molar-refractivity contribution in [3.05, 3.63) is 40.6 Å². The largest absolute Gasteiger partial charge is 0.464 e. The zero-order valence-corrected chi connectivity index (χ0v) is 16.3. The number of pyridine rings is 1. The van der Waals surface area contributed by atoms with Gasteiger partial charge in [0, 0.05) is 18.3 Å². The van der Waals surface area contributed by atoms with Crippen molar-refractivity contribution in [2.45, 2.75) is 20.8 Å². The molecule has 1 aliphatic heterocycles. The van der Waals surface area contributed by atoms with Gasteiger partial charge >= 0.3 is 5.97 Å². The molecule has 0 radical (unpaired) electrons. The van der Waals surface area contributed by atoms with Gasteiger partial charge in [-0.1, -0.05) is 32.9 Å². The summed E-state index contributed by atoms with van der Waals surface area (Å²) in [5, 5.41) is 2.10. The van der Waals surface area contributed by atoms with Crippen molar-refractivity contribution < 1.29 is 9.53 Å². The minimum atomic E-state index is -0.441. The van der Waals surface area contributed by atoms with Crippen LogP contribution in [0.3, 0.4) is 0 Å². The molecule has 0 saturated carbocycles. The van der Waals surface area contributed by atoms with Gasteiger partial charge < -0.3 is 10.2 Å². The van der Waals surface area contributed by atoms with Gasteiger partial charge in [0.05, 0.1) is 23.0 Å². The normalized spacial score (nSPS) is 13.4. The van der Waals surface area contributed by atoms with E-state index in [1.54, 1.807) is 12.3 Å². The molecule has 0 saturated heterocycles. The zero-order valence-electron chi connectivity index (χ0n) is 14.7. The first-order valence-electron chi connectivity index (χ1n) is 7.96. The highest BCUT2D eigenvalue weighted by Gasteiger charge is 2.26. The lowest BCUT2D eigenvalue weighted by molar-refractivity contribution is 0.0594. The van der Waals surface area contributed by atoms with Crippen LogP contribution in [0.1, 0.15) is 31.3 Å². The van der Waals surface area contributed by atoms with Crippen molar-refractivity contribution >= 4 is 33.3 Å². The van der Waals surface area contributed by atoms with Crippen LogP contribution in [0.5, 0.6) is 0 Å². The average Bonchev–Trinajstić information content (AvgIpc) is 2.97. The maximum absolute atomic E-state index is 11.5. The van der Waals surface area contributed by atoms with Crippen LogP contribution in [-0.2, 0) is 4.74 Å². The second-order valence-corrected chi connectivity index (χ2v) is 7.92. The summed E-state index contributed by atoms with van der Waals surface area (Å²) in [4.78, 5) is 15.7. The van der Waals surface area contributed by atoms with Crippen LogP contribution in [0.15, 0.2) is 34.9 Å². The van der Waals surface area contributed by atoms with Gasteiger partial charge in [-0.25, -0.2) is 9.78 Å². The molecular weight excluding hydrogens is 384 g/mol. The maximum atomic E-state index is 11.5. The molecule has 25 heavy (non-hydrogen) atoms. The first-order chi connectivity index (χ1) is 11.8. The number of halogens is 1. The Hall–Kier alpha value is -2.12. The van der Waals surface area contributed by atoms with E-state index in [0.29, 0.717) is 5.69 Å². The van der Waals surface area contributed by atoms with E-state index in [9.17, 15) is 4.79 Å². The van der Waals surface area contributed by atoms with Gasteiger partial charge in [0.2, 0.25) is 0 Å². The summed E-state index contributed by atoms with van der Waals surface area (Å²) < 4.78 is 5.63. The predicted molar refractivity (Wildman–Crippen MR) is 102 cm³/mol. The zero-order chi connectivity index (χ0) is 18.2. The fourth-order valence-corrected chi connectivity index (χ4v) is 3.36. The van der Waals surface area contributed by atoms with Crippen LogP contribution >= 0.6 is 15.9 Å². The third-order valence-electron chi connectivity index (χ3n) is 3.83. The number of esters is 1. The number of nitrogens with one attached hydrogen (secondary N) is 2. The van der Waals surface area contributed by atoms with Crippen molar-refractivity contribution in [3.63, 3.8) is 0 Å². The fraction of sp³-hybridized carbons (Fsp3) is 0.333. The smallest absolute Gasteiger partial charge is 0.356 e. The van der Waals surface area contributed by atoms with E-state index < -0.39 is 5.97 Å². The van der Waals surface area contributed by atoms with E-state index in [1.807, 2.05) is 12.1 Å². The Morgan fingerprint density at radius 1 is 1.28 bits per heavy atom. The Labute approximate surface area is 155 Å². The van der Waals surface area contributed by atoms with Crippen molar-refractivity contribution in [1.29, 1.82) is 0 Å². The summed E-state index contributed by atoms with van der Waals surface area (Å²) >= 11 is 3.69. The van der Waals surface area contributed by atoms with Crippen molar-refractivity contribution in [2.24, 2.45) is 5.41 Å². The molecule has 7 heteroatoms. The average molecular weight is 405 g/mol. The summed E-state index contributed by atoms with van der Waals surface area (Å²) in [5.74, 6) is -0.441. The lowest BCUT2D eigenvalue weighted by atomic mass is 9.96. The number of methoxy groups -OCH3 is 1. The van der Waals surface area contributed by atoms with Crippen LogP contribution in [0, 0.1) is 5.41 Å². The van der Waals surface area contributed by atoms with Crippen molar-refractivity contribution in [3.8, 4) is 11.1 Å².